The van der Waals surface area contributed by atoms with Crippen molar-refractivity contribution in [2.45, 2.75) is 58.4 Å². The molecule has 0 saturated carbocycles. The van der Waals surface area contributed by atoms with Crippen LogP contribution in [0.15, 0.2) is 35.1 Å². The zero-order valence-corrected chi connectivity index (χ0v) is 22.3. The number of rotatable bonds is 5. The molecule has 0 radical (unpaired) electrons. The summed E-state index contributed by atoms with van der Waals surface area (Å²) in [5.74, 6) is 0.0919. The number of anilines is 1. The van der Waals surface area contributed by atoms with E-state index in [1.165, 1.54) is 20.8 Å². The Morgan fingerprint density at radius 2 is 1.86 bits per heavy atom. The van der Waals surface area contributed by atoms with E-state index in [9.17, 15) is 14.4 Å². The number of fused-ring (bicyclic) bond motifs is 4. The van der Waals surface area contributed by atoms with Crippen molar-refractivity contribution >= 4 is 49.7 Å². The molecule has 7 nitrogen and oxygen atoms in total. The van der Waals surface area contributed by atoms with E-state index in [1.54, 1.807) is 11.3 Å². The van der Waals surface area contributed by atoms with Crippen LogP contribution in [0.5, 0.6) is 0 Å². The number of nitrogens with zero attached hydrogens (tertiary/aromatic N) is 2. The number of nitrogens with two attached hydrogens (primary N) is 1. The molecule has 2 aliphatic rings. The minimum atomic E-state index is -0.530. The quantitative estimate of drug-likeness (QED) is 0.380. The first-order chi connectivity index (χ1) is 17.9. The van der Waals surface area contributed by atoms with Crippen molar-refractivity contribution in [2.75, 3.05) is 5.32 Å². The summed E-state index contributed by atoms with van der Waals surface area (Å²) in [4.78, 5) is 47.6. The van der Waals surface area contributed by atoms with Crippen LogP contribution in [0.25, 0.3) is 21.6 Å². The van der Waals surface area contributed by atoms with E-state index in [1.807, 2.05) is 30.3 Å². The molecule has 9 heteroatoms. The fourth-order valence-electron chi connectivity index (χ4n) is 5.60. The first-order valence-electron chi connectivity index (χ1n) is 12.8. The minimum Gasteiger partial charge on any atom is -0.365 e. The number of hydrogen-bond acceptors (Lipinski definition) is 6. The van der Waals surface area contributed by atoms with Crippen LogP contribution < -0.4 is 16.6 Å². The molecule has 4 aromatic rings. The first-order valence-corrected chi connectivity index (χ1v) is 14.4. The average molecular weight is 533 g/mol. The summed E-state index contributed by atoms with van der Waals surface area (Å²) in [6.45, 7) is 1.99. The molecule has 6 rings (SSSR count). The number of carbonyl (C=O) groups is 2. The number of aromatic nitrogens is 2. The second-order valence-electron chi connectivity index (χ2n) is 10.1. The van der Waals surface area contributed by atoms with Crippen molar-refractivity contribution in [3.05, 3.63) is 67.1 Å². The van der Waals surface area contributed by atoms with Crippen LogP contribution in [0.2, 0.25) is 0 Å². The zero-order chi connectivity index (χ0) is 25.7. The van der Waals surface area contributed by atoms with Gasteiger partial charge in [-0.3, -0.25) is 19.0 Å². The minimum absolute atomic E-state index is 0.187. The molecule has 190 valence electrons. The van der Waals surface area contributed by atoms with Gasteiger partial charge in [0.05, 0.1) is 10.9 Å². The third kappa shape index (κ3) is 4.30. The van der Waals surface area contributed by atoms with Crippen LogP contribution in [0, 0.1) is 5.92 Å². The van der Waals surface area contributed by atoms with Crippen LogP contribution >= 0.6 is 22.7 Å². The molecule has 37 heavy (non-hydrogen) atoms. The second-order valence-corrected chi connectivity index (χ2v) is 12.2. The van der Waals surface area contributed by atoms with E-state index in [-0.39, 0.29) is 18.0 Å². The van der Waals surface area contributed by atoms with E-state index in [2.05, 4.69) is 12.2 Å². The molecule has 2 aliphatic carbocycles. The Balaban J connectivity index is 1.41. The largest absolute Gasteiger partial charge is 0.365 e. The lowest BCUT2D eigenvalue weighted by atomic mass is 9.88. The molecule has 1 aromatic carbocycles. The fourth-order valence-corrected chi connectivity index (χ4v) is 8.29. The molecule has 1 unspecified atom stereocenters. The van der Waals surface area contributed by atoms with Crippen LogP contribution in [-0.4, -0.2) is 21.4 Å². The molecule has 0 bridgehead atoms. The van der Waals surface area contributed by atoms with E-state index in [0.717, 1.165) is 71.3 Å². The lowest BCUT2D eigenvalue weighted by molar-refractivity contribution is -0.116. The maximum Gasteiger partial charge on any atom is 0.263 e. The summed E-state index contributed by atoms with van der Waals surface area (Å²) >= 11 is 3.02. The summed E-state index contributed by atoms with van der Waals surface area (Å²) in [6.07, 6.45) is 6.65. The fraction of sp³-hybridized carbons (Fsp3) is 0.357. The van der Waals surface area contributed by atoms with Gasteiger partial charge in [-0.25, -0.2) is 4.98 Å². The SMILES string of the molecule is CC1CCc2c(sc(NC(=O)Cn3c(-c4ccccc4)nc4sc5c(c4c3=O)CCCC5)c2C(N)=O)C1. The summed E-state index contributed by atoms with van der Waals surface area (Å²) in [6, 6.07) is 9.49. The van der Waals surface area contributed by atoms with Crippen molar-refractivity contribution in [3.63, 3.8) is 0 Å². The first kappa shape index (κ1) is 24.1. The van der Waals surface area contributed by atoms with Crippen molar-refractivity contribution in [2.24, 2.45) is 11.7 Å². The van der Waals surface area contributed by atoms with Gasteiger partial charge >= 0.3 is 0 Å². The number of amides is 2. The average Bonchev–Trinajstić information content (AvgIpc) is 3.43. The number of benzene rings is 1. The Morgan fingerprint density at radius 1 is 1.08 bits per heavy atom. The Labute approximate surface area is 222 Å². The highest BCUT2D eigenvalue weighted by Gasteiger charge is 2.28. The van der Waals surface area contributed by atoms with Crippen molar-refractivity contribution in [1.82, 2.24) is 9.55 Å². The van der Waals surface area contributed by atoms with E-state index >= 15 is 0 Å². The third-order valence-electron chi connectivity index (χ3n) is 7.42. The standard InChI is InChI=1S/C28H28N4O3S2/c1-15-11-12-18-20(13-15)37-26(22(18)24(29)34)30-21(33)14-32-25(16-7-3-2-4-8-16)31-27-23(28(32)35)17-9-5-6-10-19(17)36-27/h2-4,7-8,15H,5-6,9-14H2,1H3,(H2,29,34)(H,30,33). The smallest absolute Gasteiger partial charge is 0.263 e. The van der Waals surface area contributed by atoms with E-state index in [4.69, 9.17) is 10.7 Å². The number of primary amides is 1. The van der Waals surface area contributed by atoms with E-state index in [0.29, 0.717) is 27.7 Å². The molecular weight excluding hydrogens is 504 g/mol. The zero-order valence-electron chi connectivity index (χ0n) is 20.6. The van der Waals surface area contributed by atoms with Crippen molar-refractivity contribution < 1.29 is 9.59 Å². The summed E-state index contributed by atoms with van der Waals surface area (Å²) in [5, 5.41) is 4.04. The number of hydrogen-bond donors (Lipinski definition) is 2. The number of nitrogens with one attached hydrogen (secondary N) is 1. The summed E-state index contributed by atoms with van der Waals surface area (Å²) < 4.78 is 1.48. The lowest BCUT2D eigenvalue weighted by Gasteiger charge is -2.18. The number of carbonyl (C=O) groups excluding carboxylic acids is 2. The van der Waals surface area contributed by atoms with Crippen LogP contribution in [0.4, 0.5) is 5.00 Å². The van der Waals surface area contributed by atoms with Crippen LogP contribution in [-0.2, 0) is 37.0 Å². The molecule has 0 saturated heterocycles. The number of aryl methyl sites for hydroxylation is 2. The Hall–Kier alpha value is -3.30. The van der Waals surface area contributed by atoms with Crippen molar-refractivity contribution in [3.8, 4) is 11.4 Å². The monoisotopic (exact) mass is 532 g/mol. The normalized spacial score (nSPS) is 16.8. The van der Waals surface area contributed by atoms with Gasteiger partial charge in [0.15, 0.2) is 0 Å². The number of thiophene rings is 2. The van der Waals surface area contributed by atoms with Gasteiger partial charge in [0, 0.05) is 15.3 Å². The van der Waals surface area contributed by atoms with Gasteiger partial charge in [-0.1, -0.05) is 37.3 Å². The molecule has 1 atom stereocenters. The highest BCUT2D eigenvalue weighted by Crippen LogP contribution is 2.39. The van der Waals surface area contributed by atoms with Gasteiger partial charge in [0.2, 0.25) is 5.91 Å². The predicted molar refractivity (Wildman–Crippen MR) is 149 cm³/mol. The molecule has 2 amide bonds. The topological polar surface area (TPSA) is 107 Å². The summed E-state index contributed by atoms with van der Waals surface area (Å²) in [7, 11) is 0. The molecule has 0 fully saturated rings. The van der Waals surface area contributed by atoms with Gasteiger partial charge in [-0.2, -0.15) is 0 Å². The highest BCUT2D eigenvalue weighted by molar-refractivity contribution is 7.18. The Kier molecular flexibility index (Phi) is 6.20. The molecular formula is C28H28N4O3S2. The summed E-state index contributed by atoms with van der Waals surface area (Å²) in [5.41, 5.74) is 8.79. The maximum absolute atomic E-state index is 13.9. The molecule has 0 aliphatic heterocycles. The molecule has 0 spiro atoms. The van der Waals surface area contributed by atoms with Gasteiger partial charge < -0.3 is 11.1 Å². The molecule has 3 heterocycles. The van der Waals surface area contributed by atoms with E-state index < -0.39 is 5.91 Å². The van der Waals surface area contributed by atoms with Gasteiger partial charge in [0.1, 0.15) is 22.2 Å². The maximum atomic E-state index is 13.9. The van der Waals surface area contributed by atoms with Crippen molar-refractivity contribution in [1.29, 1.82) is 0 Å². The molecule has 3 N–H and O–H groups in total. The van der Waals surface area contributed by atoms with Crippen LogP contribution in [0.1, 0.15) is 57.4 Å². The Bertz CT molecular complexity index is 1600. The predicted octanol–water partition coefficient (Wildman–Crippen LogP) is 4.93. The molecule has 3 aromatic heterocycles. The highest BCUT2D eigenvalue weighted by atomic mass is 32.1. The second kappa shape index (κ2) is 9.54. The lowest BCUT2D eigenvalue weighted by Crippen LogP contribution is -2.30. The van der Waals surface area contributed by atoms with Crippen LogP contribution in [0.3, 0.4) is 0 Å². The van der Waals surface area contributed by atoms with Gasteiger partial charge in [-0.15, -0.1) is 22.7 Å². The third-order valence-corrected chi connectivity index (χ3v) is 9.78. The van der Waals surface area contributed by atoms with Gasteiger partial charge in [-0.05, 0) is 62.0 Å². The van der Waals surface area contributed by atoms with Gasteiger partial charge in [0.25, 0.3) is 11.5 Å². The Morgan fingerprint density at radius 3 is 2.65 bits per heavy atom.